The molecule has 0 spiro atoms. The lowest BCUT2D eigenvalue weighted by atomic mass is 9.82. The molecule has 0 radical (unpaired) electrons. The zero-order valence-electron chi connectivity index (χ0n) is 14.2. The summed E-state index contributed by atoms with van der Waals surface area (Å²) in [5.41, 5.74) is 1.05. The van der Waals surface area contributed by atoms with E-state index in [0.717, 1.165) is 30.4 Å². The van der Waals surface area contributed by atoms with Gasteiger partial charge in [0, 0.05) is 24.6 Å². The van der Waals surface area contributed by atoms with E-state index >= 15 is 0 Å². The van der Waals surface area contributed by atoms with E-state index in [2.05, 4.69) is 17.2 Å². The maximum Gasteiger partial charge on any atom is 0.225 e. The highest BCUT2D eigenvalue weighted by Gasteiger charge is 2.35. The summed E-state index contributed by atoms with van der Waals surface area (Å²) in [7, 11) is 0. The molecule has 1 unspecified atom stereocenters. The van der Waals surface area contributed by atoms with E-state index in [4.69, 9.17) is 4.74 Å². The molecule has 0 bridgehead atoms. The molecule has 1 aliphatic heterocycles. The third-order valence-corrected chi connectivity index (χ3v) is 4.83. The first kappa shape index (κ1) is 17.0. The van der Waals surface area contributed by atoms with Crippen LogP contribution in [0, 0.1) is 24.7 Å². The number of aliphatic hydroxyl groups is 1. The van der Waals surface area contributed by atoms with Gasteiger partial charge in [0.25, 0.3) is 0 Å². The summed E-state index contributed by atoms with van der Waals surface area (Å²) in [4.78, 5) is 12.2. The molecule has 2 N–H and O–H groups in total. The van der Waals surface area contributed by atoms with E-state index in [9.17, 15) is 9.90 Å². The van der Waals surface area contributed by atoms with Gasteiger partial charge in [0.05, 0.1) is 12.5 Å². The zero-order valence-corrected chi connectivity index (χ0v) is 14.2. The summed E-state index contributed by atoms with van der Waals surface area (Å²) >= 11 is 0. The minimum atomic E-state index is -1.02. The van der Waals surface area contributed by atoms with Crippen molar-refractivity contribution in [2.45, 2.75) is 50.7 Å². The van der Waals surface area contributed by atoms with Crippen LogP contribution in [-0.4, -0.2) is 35.9 Å². The first-order valence-corrected chi connectivity index (χ1v) is 8.74. The smallest absolute Gasteiger partial charge is 0.225 e. The maximum atomic E-state index is 12.2. The van der Waals surface area contributed by atoms with Crippen molar-refractivity contribution in [3.8, 4) is 11.8 Å². The van der Waals surface area contributed by atoms with E-state index in [1.165, 1.54) is 0 Å². The van der Waals surface area contributed by atoms with Crippen LogP contribution in [0.2, 0.25) is 0 Å². The lowest BCUT2D eigenvalue weighted by Crippen LogP contribution is -2.46. The fourth-order valence-electron chi connectivity index (χ4n) is 3.46. The number of aryl methyl sites for hydroxylation is 1. The number of ether oxygens (including phenoxy) is 1. The Labute approximate surface area is 143 Å². The highest BCUT2D eigenvalue weighted by molar-refractivity contribution is 5.79. The van der Waals surface area contributed by atoms with Crippen LogP contribution in [0.15, 0.2) is 24.3 Å². The van der Waals surface area contributed by atoms with Crippen molar-refractivity contribution >= 4 is 5.91 Å². The normalized spacial score (nSPS) is 29.6. The summed E-state index contributed by atoms with van der Waals surface area (Å²) in [6, 6.07) is 7.95. The van der Waals surface area contributed by atoms with Crippen molar-refractivity contribution in [3.63, 3.8) is 0 Å². The maximum absolute atomic E-state index is 12.2. The number of benzene rings is 1. The Bertz CT molecular complexity index is 654. The average molecular weight is 327 g/mol. The van der Waals surface area contributed by atoms with Crippen LogP contribution >= 0.6 is 0 Å². The summed E-state index contributed by atoms with van der Waals surface area (Å²) < 4.78 is 5.27. The molecular weight excluding hydrogens is 302 g/mol. The standard InChI is InChI=1S/C20H25NO3/c1-15-4-2-5-16(12-15)7-10-20(23)9-3-6-18(13-20)21-19(22)17-8-11-24-14-17/h2,4-5,12,17-18,23H,3,6,8-9,11,13-14H2,1H3,(H,21,22)/t17?,18-,20-/m0/s1. The Morgan fingerprint density at radius 1 is 1.42 bits per heavy atom. The van der Waals surface area contributed by atoms with Gasteiger partial charge in [-0.2, -0.15) is 0 Å². The van der Waals surface area contributed by atoms with Gasteiger partial charge in [-0.25, -0.2) is 0 Å². The van der Waals surface area contributed by atoms with Gasteiger partial charge in [-0.05, 0) is 50.3 Å². The largest absolute Gasteiger partial charge is 0.381 e. The van der Waals surface area contributed by atoms with E-state index < -0.39 is 5.60 Å². The Morgan fingerprint density at radius 3 is 3.04 bits per heavy atom. The van der Waals surface area contributed by atoms with Gasteiger partial charge in [0.15, 0.2) is 0 Å². The molecule has 1 amide bonds. The number of carbonyl (C=O) groups excluding carboxylic acids is 1. The van der Waals surface area contributed by atoms with E-state index in [0.29, 0.717) is 26.1 Å². The van der Waals surface area contributed by atoms with E-state index in [-0.39, 0.29) is 17.9 Å². The van der Waals surface area contributed by atoms with Crippen LogP contribution in [-0.2, 0) is 9.53 Å². The van der Waals surface area contributed by atoms with Crippen LogP contribution in [0.25, 0.3) is 0 Å². The van der Waals surface area contributed by atoms with E-state index in [1.54, 1.807) is 0 Å². The van der Waals surface area contributed by atoms with Crippen LogP contribution in [0.4, 0.5) is 0 Å². The highest BCUT2D eigenvalue weighted by Crippen LogP contribution is 2.28. The van der Waals surface area contributed by atoms with Crippen molar-refractivity contribution in [3.05, 3.63) is 35.4 Å². The molecular formula is C20H25NO3. The first-order valence-electron chi connectivity index (χ1n) is 8.74. The van der Waals surface area contributed by atoms with Crippen molar-refractivity contribution < 1.29 is 14.6 Å². The fourth-order valence-corrected chi connectivity index (χ4v) is 3.46. The van der Waals surface area contributed by atoms with Crippen LogP contribution in [0.3, 0.4) is 0 Å². The SMILES string of the molecule is Cc1cccc(C#C[C@@]2(O)CCC[C@H](NC(=O)C3CCOC3)C2)c1. The molecule has 3 rings (SSSR count). The van der Waals surface area contributed by atoms with Gasteiger partial charge in [-0.1, -0.05) is 24.0 Å². The van der Waals surface area contributed by atoms with E-state index in [1.807, 2.05) is 31.2 Å². The number of nitrogens with one attached hydrogen (secondary N) is 1. The second kappa shape index (κ2) is 7.38. The average Bonchev–Trinajstić information content (AvgIpc) is 3.08. The molecule has 2 aliphatic rings. The van der Waals surface area contributed by atoms with Crippen molar-refractivity contribution in [1.82, 2.24) is 5.32 Å². The summed E-state index contributed by atoms with van der Waals surface area (Å²) in [6.45, 7) is 3.20. The predicted octanol–water partition coefficient (Wildman–Crippen LogP) is 2.17. The molecule has 24 heavy (non-hydrogen) atoms. The molecule has 1 saturated carbocycles. The topological polar surface area (TPSA) is 58.6 Å². The Balaban J connectivity index is 1.62. The van der Waals surface area contributed by atoms with Crippen molar-refractivity contribution in [1.29, 1.82) is 0 Å². The third kappa shape index (κ3) is 4.37. The van der Waals surface area contributed by atoms with Gasteiger partial charge in [0.1, 0.15) is 5.60 Å². The minimum Gasteiger partial charge on any atom is -0.381 e. The molecule has 3 atom stereocenters. The van der Waals surface area contributed by atoms with Crippen LogP contribution in [0.1, 0.15) is 43.2 Å². The molecule has 4 heteroatoms. The number of carbonyl (C=O) groups is 1. The van der Waals surface area contributed by atoms with Crippen LogP contribution in [0.5, 0.6) is 0 Å². The molecule has 0 aromatic heterocycles. The van der Waals surface area contributed by atoms with Crippen molar-refractivity contribution in [2.24, 2.45) is 5.92 Å². The lowest BCUT2D eigenvalue weighted by Gasteiger charge is -2.33. The molecule has 128 valence electrons. The first-order chi connectivity index (χ1) is 11.5. The van der Waals surface area contributed by atoms with Gasteiger partial charge in [-0.3, -0.25) is 4.79 Å². The molecule has 1 aromatic rings. The Kier molecular flexibility index (Phi) is 5.23. The predicted molar refractivity (Wildman–Crippen MR) is 92.3 cm³/mol. The minimum absolute atomic E-state index is 0.0105. The van der Waals surface area contributed by atoms with Crippen molar-refractivity contribution in [2.75, 3.05) is 13.2 Å². The molecule has 2 fully saturated rings. The molecule has 1 saturated heterocycles. The number of hydrogen-bond donors (Lipinski definition) is 2. The molecule has 1 heterocycles. The van der Waals surface area contributed by atoms with Gasteiger partial charge in [-0.15, -0.1) is 0 Å². The monoisotopic (exact) mass is 327 g/mol. The van der Waals surface area contributed by atoms with Gasteiger partial charge >= 0.3 is 0 Å². The highest BCUT2D eigenvalue weighted by atomic mass is 16.5. The van der Waals surface area contributed by atoms with Crippen LogP contribution < -0.4 is 5.32 Å². The second-order valence-corrected chi connectivity index (χ2v) is 7.01. The quantitative estimate of drug-likeness (QED) is 0.819. The lowest BCUT2D eigenvalue weighted by molar-refractivity contribution is -0.126. The Morgan fingerprint density at radius 2 is 2.29 bits per heavy atom. The third-order valence-electron chi connectivity index (χ3n) is 4.83. The number of rotatable bonds is 2. The fraction of sp³-hybridized carbons (Fsp3) is 0.550. The second-order valence-electron chi connectivity index (χ2n) is 7.01. The summed E-state index contributed by atoms with van der Waals surface area (Å²) in [6.07, 6.45) is 3.70. The molecule has 4 nitrogen and oxygen atoms in total. The number of hydrogen-bond acceptors (Lipinski definition) is 3. The zero-order chi connectivity index (χ0) is 17.0. The molecule has 1 aromatic carbocycles. The number of amides is 1. The van der Waals surface area contributed by atoms with Gasteiger partial charge < -0.3 is 15.2 Å². The van der Waals surface area contributed by atoms with Gasteiger partial charge in [0.2, 0.25) is 5.91 Å². The summed E-state index contributed by atoms with van der Waals surface area (Å²) in [5, 5.41) is 13.9. The summed E-state index contributed by atoms with van der Waals surface area (Å²) in [5.74, 6) is 6.14. The molecule has 1 aliphatic carbocycles. The Hall–Kier alpha value is -1.83.